The van der Waals surface area contributed by atoms with Crippen LogP contribution in [-0.2, 0) is 0 Å². The maximum atomic E-state index is 5.93. The van der Waals surface area contributed by atoms with E-state index in [9.17, 15) is 0 Å². The summed E-state index contributed by atoms with van der Waals surface area (Å²) >= 11 is 0. The van der Waals surface area contributed by atoms with Crippen LogP contribution in [0, 0.1) is 0 Å². The smallest absolute Gasteiger partial charge is 0.250 e. The largest absolute Gasteiger partial charge is 0.384 e. The molecule has 5 heteroatoms. The summed E-state index contributed by atoms with van der Waals surface area (Å²) in [4.78, 5) is 6.66. The minimum Gasteiger partial charge on any atom is -0.384 e. The summed E-state index contributed by atoms with van der Waals surface area (Å²) < 4.78 is 1.66. The molecule has 5 nitrogen and oxygen atoms in total. The van der Waals surface area contributed by atoms with E-state index >= 15 is 0 Å². The topological polar surface area (TPSA) is 59.5 Å². The fourth-order valence-corrected chi connectivity index (χ4v) is 2.25. The summed E-state index contributed by atoms with van der Waals surface area (Å²) in [6, 6.07) is 16.0. The number of rotatable bonds is 3. The summed E-state index contributed by atoms with van der Waals surface area (Å²) in [5, 5.41) is 4.52. The molecule has 102 valence electrons. The number of nitrogen functional groups attached to an aromatic ring is 1. The highest BCUT2D eigenvalue weighted by Gasteiger charge is 2.18. The molecule has 0 aliphatic heterocycles. The van der Waals surface area contributed by atoms with E-state index in [0.717, 1.165) is 11.3 Å². The van der Waals surface area contributed by atoms with E-state index < -0.39 is 0 Å². The number of nitrogens with two attached hydrogens (primary N) is 1. The first-order valence-electron chi connectivity index (χ1n) is 6.62. The predicted molar refractivity (Wildman–Crippen MR) is 81.1 cm³/mol. The molecule has 0 fully saturated rings. The van der Waals surface area contributed by atoms with Gasteiger partial charge in [-0.3, -0.25) is 0 Å². The van der Waals surface area contributed by atoms with Gasteiger partial charge in [-0.05, 0) is 38.1 Å². The third-order valence-corrected chi connectivity index (χ3v) is 3.14. The number of hydrogen-bond acceptors (Lipinski definition) is 4. The number of pyridine rings is 1. The Hall–Kier alpha value is -2.56. The lowest BCUT2D eigenvalue weighted by Crippen LogP contribution is -2.26. The summed E-state index contributed by atoms with van der Waals surface area (Å²) in [5.41, 5.74) is 7.74. The van der Waals surface area contributed by atoms with Crippen LogP contribution in [0.2, 0.25) is 0 Å². The maximum Gasteiger partial charge on any atom is 0.250 e. The first-order chi connectivity index (χ1) is 9.66. The van der Waals surface area contributed by atoms with Gasteiger partial charge in [-0.1, -0.05) is 24.3 Å². The van der Waals surface area contributed by atoms with Gasteiger partial charge in [-0.15, -0.1) is 5.10 Å². The van der Waals surface area contributed by atoms with Crippen molar-refractivity contribution in [2.24, 2.45) is 0 Å². The molecule has 0 radical (unpaired) electrons. The molecule has 2 heterocycles. The van der Waals surface area contributed by atoms with E-state index in [1.165, 1.54) is 0 Å². The predicted octanol–water partition coefficient (Wildman–Crippen LogP) is 2.86. The van der Waals surface area contributed by atoms with E-state index in [0.29, 0.717) is 11.8 Å². The molecule has 0 bridgehead atoms. The van der Waals surface area contributed by atoms with Gasteiger partial charge in [-0.2, -0.15) is 9.50 Å². The minimum atomic E-state index is 0.246. The van der Waals surface area contributed by atoms with Gasteiger partial charge in [0, 0.05) is 11.7 Å². The van der Waals surface area contributed by atoms with Crippen LogP contribution in [0.5, 0.6) is 0 Å². The highest BCUT2D eigenvalue weighted by Crippen LogP contribution is 2.25. The number of benzene rings is 1. The van der Waals surface area contributed by atoms with Gasteiger partial charge in [-0.25, -0.2) is 0 Å². The first kappa shape index (κ1) is 12.5. The van der Waals surface area contributed by atoms with Crippen molar-refractivity contribution in [2.45, 2.75) is 19.9 Å². The van der Waals surface area contributed by atoms with Gasteiger partial charge in [0.1, 0.15) is 5.82 Å². The van der Waals surface area contributed by atoms with Crippen LogP contribution in [-0.4, -0.2) is 20.6 Å². The zero-order chi connectivity index (χ0) is 14.1. The molecule has 2 aromatic heterocycles. The Bertz CT molecular complexity index is 717. The van der Waals surface area contributed by atoms with Crippen molar-refractivity contribution >= 4 is 23.1 Å². The third-order valence-electron chi connectivity index (χ3n) is 3.14. The van der Waals surface area contributed by atoms with Crippen LogP contribution < -0.4 is 10.6 Å². The molecule has 0 spiro atoms. The molecule has 0 aliphatic carbocycles. The Labute approximate surface area is 117 Å². The maximum absolute atomic E-state index is 5.93. The molecule has 3 aromatic rings. The third kappa shape index (κ3) is 2.07. The van der Waals surface area contributed by atoms with Gasteiger partial charge in [0.25, 0.3) is 0 Å². The summed E-state index contributed by atoms with van der Waals surface area (Å²) in [7, 11) is 0. The molecule has 0 atom stereocenters. The molecule has 1 aromatic carbocycles. The van der Waals surface area contributed by atoms with E-state index in [1.54, 1.807) is 4.52 Å². The molecule has 20 heavy (non-hydrogen) atoms. The average Bonchev–Trinajstić information content (AvgIpc) is 2.85. The van der Waals surface area contributed by atoms with Crippen LogP contribution in [0.25, 0.3) is 5.65 Å². The second-order valence-corrected chi connectivity index (χ2v) is 4.93. The van der Waals surface area contributed by atoms with Crippen molar-refractivity contribution in [1.29, 1.82) is 0 Å². The van der Waals surface area contributed by atoms with Gasteiger partial charge < -0.3 is 10.6 Å². The molecule has 0 amide bonds. The highest BCUT2D eigenvalue weighted by molar-refractivity contribution is 5.60. The van der Waals surface area contributed by atoms with Gasteiger partial charge in [0.15, 0.2) is 5.65 Å². The second kappa shape index (κ2) is 4.85. The van der Waals surface area contributed by atoms with Crippen LogP contribution >= 0.6 is 0 Å². The molecule has 0 aliphatic rings. The Morgan fingerprint density at radius 2 is 1.80 bits per heavy atom. The normalized spacial score (nSPS) is 11.2. The number of anilines is 3. The SMILES string of the molecule is CC(C)N(c1ccccc1)c1nc2cccc(N)n2n1. The zero-order valence-electron chi connectivity index (χ0n) is 11.6. The fourth-order valence-electron chi connectivity index (χ4n) is 2.25. The lowest BCUT2D eigenvalue weighted by atomic mass is 10.2. The molecule has 0 saturated carbocycles. The minimum absolute atomic E-state index is 0.246. The Kier molecular flexibility index (Phi) is 3.02. The van der Waals surface area contributed by atoms with E-state index in [4.69, 9.17) is 5.73 Å². The Morgan fingerprint density at radius 1 is 1.05 bits per heavy atom. The number of hydrogen-bond donors (Lipinski definition) is 1. The van der Waals surface area contributed by atoms with Crippen molar-refractivity contribution < 1.29 is 0 Å². The quantitative estimate of drug-likeness (QED) is 0.792. The summed E-state index contributed by atoms with van der Waals surface area (Å²) in [5.74, 6) is 1.24. The van der Waals surface area contributed by atoms with Crippen molar-refractivity contribution in [1.82, 2.24) is 14.6 Å². The summed E-state index contributed by atoms with van der Waals surface area (Å²) in [6.07, 6.45) is 0. The van der Waals surface area contributed by atoms with Crippen molar-refractivity contribution in [3.8, 4) is 0 Å². The molecule has 0 saturated heterocycles. The Morgan fingerprint density at radius 3 is 2.45 bits per heavy atom. The van der Waals surface area contributed by atoms with Crippen LogP contribution in [0.4, 0.5) is 17.5 Å². The van der Waals surface area contributed by atoms with Gasteiger partial charge >= 0.3 is 0 Å². The number of fused-ring (bicyclic) bond motifs is 1. The molecule has 2 N–H and O–H groups in total. The average molecular weight is 267 g/mol. The Balaban J connectivity index is 2.13. The summed E-state index contributed by atoms with van der Waals surface area (Å²) in [6.45, 7) is 4.23. The lowest BCUT2D eigenvalue weighted by Gasteiger charge is -2.25. The van der Waals surface area contributed by atoms with Crippen LogP contribution in [0.1, 0.15) is 13.8 Å². The van der Waals surface area contributed by atoms with E-state index in [-0.39, 0.29) is 6.04 Å². The number of nitrogens with zero attached hydrogens (tertiary/aromatic N) is 4. The van der Waals surface area contributed by atoms with E-state index in [1.807, 2.05) is 36.4 Å². The van der Waals surface area contributed by atoms with Crippen LogP contribution in [0.15, 0.2) is 48.5 Å². The lowest BCUT2D eigenvalue weighted by molar-refractivity contribution is 0.760. The first-order valence-corrected chi connectivity index (χ1v) is 6.62. The van der Waals surface area contributed by atoms with Crippen LogP contribution in [0.3, 0.4) is 0 Å². The van der Waals surface area contributed by atoms with Crippen molar-refractivity contribution in [3.05, 3.63) is 48.5 Å². The fraction of sp³-hybridized carbons (Fsp3) is 0.200. The second-order valence-electron chi connectivity index (χ2n) is 4.93. The molecule has 3 rings (SSSR count). The molecule has 0 unspecified atom stereocenters. The number of aromatic nitrogens is 3. The standard InChI is InChI=1S/C15H17N5/c1-11(2)19(12-7-4-3-5-8-12)15-17-14-10-6-9-13(16)20(14)18-15/h3-11H,16H2,1-2H3. The van der Waals surface area contributed by atoms with Gasteiger partial charge in [0.2, 0.25) is 5.95 Å². The molecular formula is C15H17N5. The van der Waals surface area contributed by atoms with Gasteiger partial charge in [0.05, 0.1) is 0 Å². The van der Waals surface area contributed by atoms with Crippen molar-refractivity contribution in [2.75, 3.05) is 10.6 Å². The monoisotopic (exact) mass is 267 g/mol. The number of para-hydroxylation sites is 1. The molecular weight excluding hydrogens is 250 g/mol. The zero-order valence-corrected chi connectivity index (χ0v) is 11.6. The van der Waals surface area contributed by atoms with Crippen molar-refractivity contribution in [3.63, 3.8) is 0 Å². The highest BCUT2D eigenvalue weighted by atomic mass is 15.4. The van der Waals surface area contributed by atoms with E-state index in [2.05, 4.69) is 41.0 Å².